The molecule has 0 aliphatic heterocycles. The van der Waals surface area contributed by atoms with Gasteiger partial charge >= 0.3 is 0 Å². The fourth-order valence-electron chi connectivity index (χ4n) is 3.66. The zero-order valence-corrected chi connectivity index (χ0v) is 15.7. The SMILES string of the molecule is CCC(C)C[SiH](C1=C(C)C(C)=C(C)C1C)c1ccccc1. The molecule has 1 aromatic rings. The highest BCUT2D eigenvalue weighted by atomic mass is 28.3. The van der Waals surface area contributed by atoms with Gasteiger partial charge in [0.25, 0.3) is 0 Å². The molecule has 0 saturated heterocycles. The minimum atomic E-state index is -1.07. The van der Waals surface area contributed by atoms with E-state index in [4.69, 9.17) is 0 Å². The van der Waals surface area contributed by atoms with E-state index in [1.165, 1.54) is 12.5 Å². The summed E-state index contributed by atoms with van der Waals surface area (Å²) in [6.07, 6.45) is 1.29. The lowest BCUT2D eigenvalue weighted by atomic mass is 10.1. The predicted octanol–water partition coefficient (Wildman–Crippen LogP) is 5.01. The predicted molar refractivity (Wildman–Crippen MR) is 97.7 cm³/mol. The van der Waals surface area contributed by atoms with Crippen molar-refractivity contribution >= 4 is 14.0 Å². The molecule has 0 nitrogen and oxygen atoms in total. The zero-order valence-electron chi connectivity index (χ0n) is 14.5. The standard InChI is InChI=1S/C20H30Si/c1-7-14(2)13-21(19-11-9-8-10-12-19)20-17(5)15(3)16(4)18(20)6/h8-12,14,17,21H,7,13H2,1-6H3. The highest BCUT2D eigenvalue weighted by Gasteiger charge is 2.31. The van der Waals surface area contributed by atoms with Gasteiger partial charge in [0, 0.05) is 0 Å². The van der Waals surface area contributed by atoms with E-state index in [2.05, 4.69) is 71.9 Å². The molecular formula is C20H30Si. The van der Waals surface area contributed by atoms with Gasteiger partial charge in [-0.25, -0.2) is 0 Å². The molecule has 0 fully saturated rings. The van der Waals surface area contributed by atoms with Crippen LogP contribution in [-0.2, 0) is 0 Å². The van der Waals surface area contributed by atoms with Crippen molar-refractivity contribution in [3.05, 3.63) is 52.2 Å². The van der Waals surface area contributed by atoms with Crippen LogP contribution in [0.2, 0.25) is 6.04 Å². The van der Waals surface area contributed by atoms with Gasteiger partial charge in [-0.3, -0.25) is 0 Å². The lowest BCUT2D eigenvalue weighted by Gasteiger charge is -2.25. The van der Waals surface area contributed by atoms with Gasteiger partial charge in [0.15, 0.2) is 0 Å². The number of allylic oxidation sites excluding steroid dienone is 4. The smallest absolute Gasteiger partial charge is 0.0690 e. The van der Waals surface area contributed by atoms with E-state index in [0.717, 1.165) is 5.92 Å². The molecule has 3 unspecified atom stereocenters. The highest BCUT2D eigenvalue weighted by molar-refractivity contribution is 6.80. The van der Waals surface area contributed by atoms with Crippen LogP contribution in [0.25, 0.3) is 0 Å². The monoisotopic (exact) mass is 298 g/mol. The number of benzene rings is 1. The van der Waals surface area contributed by atoms with Crippen LogP contribution >= 0.6 is 0 Å². The first-order valence-electron chi connectivity index (χ1n) is 8.40. The Bertz CT molecular complexity index is 550. The molecule has 0 amide bonds. The fourth-order valence-corrected chi connectivity index (χ4v) is 7.96. The molecule has 0 spiro atoms. The van der Waals surface area contributed by atoms with E-state index in [-0.39, 0.29) is 0 Å². The molecule has 3 atom stereocenters. The van der Waals surface area contributed by atoms with Gasteiger partial charge < -0.3 is 0 Å². The van der Waals surface area contributed by atoms with Crippen molar-refractivity contribution in [2.24, 2.45) is 11.8 Å². The summed E-state index contributed by atoms with van der Waals surface area (Å²) in [5.74, 6) is 1.49. The van der Waals surface area contributed by atoms with Crippen molar-refractivity contribution in [2.45, 2.75) is 54.0 Å². The molecule has 0 bridgehead atoms. The maximum absolute atomic E-state index is 2.42. The number of hydrogen-bond donors (Lipinski definition) is 0. The molecule has 0 aromatic heterocycles. The molecule has 0 saturated carbocycles. The normalized spacial score (nSPS) is 21.9. The molecule has 0 heterocycles. The van der Waals surface area contributed by atoms with E-state index in [1.54, 1.807) is 27.1 Å². The Morgan fingerprint density at radius 3 is 2.14 bits per heavy atom. The minimum absolute atomic E-state index is 0.658. The molecule has 21 heavy (non-hydrogen) atoms. The molecule has 1 aliphatic carbocycles. The van der Waals surface area contributed by atoms with Crippen LogP contribution in [0, 0.1) is 11.8 Å². The molecule has 114 valence electrons. The molecule has 1 aromatic carbocycles. The van der Waals surface area contributed by atoms with Crippen molar-refractivity contribution in [2.75, 3.05) is 0 Å². The molecule has 1 heteroatoms. The lowest BCUT2D eigenvalue weighted by molar-refractivity contribution is 0.619. The van der Waals surface area contributed by atoms with Gasteiger partial charge in [-0.2, -0.15) is 0 Å². The topological polar surface area (TPSA) is 0 Å². The van der Waals surface area contributed by atoms with Crippen LogP contribution in [0.3, 0.4) is 0 Å². The maximum Gasteiger partial charge on any atom is 0.0990 e. The molecule has 0 N–H and O–H groups in total. The summed E-state index contributed by atoms with van der Waals surface area (Å²) in [6.45, 7) is 14.2. The summed E-state index contributed by atoms with van der Waals surface area (Å²) in [5.41, 5.74) is 4.75. The number of hydrogen-bond acceptors (Lipinski definition) is 0. The summed E-state index contributed by atoms with van der Waals surface area (Å²) in [6, 6.07) is 12.7. The minimum Gasteiger partial charge on any atom is -0.0690 e. The van der Waals surface area contributed by atoms with Crippen LogP contribution in [0.5, 0.6) is 0 Å². The van der Waals surface area contributed by atoms with E-state index in [0.29, 0.717) is 5.92 Å². The van der Waals surface area contributed by atoms with Crippen LogP contribution < -0.4 is 5.19 Å². The second kappa shape index (κ2) is 6.78. The van der Waals surface area contributed by atoms with Crippen LogP contribution in [0.4, 0.5) is 0 Å². The van der Waals surface area contributed by atoms with Gasteiger partial charge in [0.05, 0.1) is 8.80 Å². The Labute approximate surface area is 132 Å². The summed E-state index contributed by atoms with van der Waals surface area (Å²) in [5, 5.41) is 3.43. The van der Waals surface area contributed by atoms with Crippen molar-refractivity contribution in [1.82, 2.24) is 0 Å². The molecular weight excluding hydrogens is 268 g/mol. The van der Waals surface area contributed by atoms with E-state index in [1.807, 2.05) is 0 Å². The quantitative estimate of drug-likeness (QED) is 0.670. The molecule has 2 rings (SSSR count). The fraction of sp³-hybridized carbons (Fsp3) is 0.500. The summed E-state index contributed by atoms with van der Waals surface area (Å²) < 4.78 is 0. The Morgan fingerprint density at radius 2 is 1.67 bits per heavy atom. The van der Waals surface area contributed by atoms with E-state index >= 15 is 0 Å². The summed E-state index contributed by atoms with van der Waals surface area (Å²) in [7, 11) is -1.07. The van der Waals surface area contributed by atoms with Crippen molar-refractivity contribution in [1.29, 1.82) is 0 Å². The third kappa shape index (κ3) is 3.23. The second-order valence-corrected chi connectivity index (χ2v) is 9.69. The maximum atomic E-state index is 2.42. The Kier molecular flexibility index (Phi) is 5.26. The Hall–Kier alpha value is -1.08. The molecule has 1 aliphatic rings. The van der Waals surface area contributed by atoms with Gasteiger partial charge in [-0.05, 0) is 44.2 Å². The van der Waals surface area contributed by atoms with Crippen molar-refractivity contribution < 1.29 is 0 Å². The van der Waals surface area contributed by atoms with Gasteiger partial charge in [0.1, 0.15) is 0 Å². The van der Waals surface area contributed by atoms with Gasteiger partial charge in [0.2, 0.25) is 0 Å². The average Bonchev–Trinajstić information content (AvgIpc) is 2.70. The van der Waals surface area contributed by atoms with Gasteiger partial charge in [-0.1, -0.05) is 79.1 Å². The van der Waals surface area contributed by atoms with Crippen LogP contribution in [0.15, 0.2) is 52.2 Å². The van der Waals surface area contributed by atoms with Crippen molar-refractivity contribution in [3.63, 3.8) is 0 Å². The highest BCUT2D eigenvalue weighted by Crippen LogP contribution is 2.39. The second-order valence-electron chi connectivity index (χ2n) is 6.82. The van der Waals surface area contributed by atoms with Crippen LogP contribution in [0.1, 0.15) is 48.0 Å². The number of rotatable bonds is 5. The Balaban J connectivity index is 2.42. The Morgan fingerprint density at radius 1 is 1.05 bits per heavy atom. The van der Waals surface area contributed by atoms with E-state index < -0.39 is 8.80 Å². The van der Waals surface area contributed by atoms with Crippen LogP contribution in [-0.4, -0.2) is 8.80 Å². The lowest BCUT2D eigenvalue weighted by Crippen LogP contribution is -2.36. The largest absolute Gasteiger partial charge is 0.0990 e. The average molecular weight is 299 g/mol. The van der Waals surface area contributed by atoms with Gasteiger partial charge in [-0.15, -0.1) is 0 Å². The summed E-state index contributed by atoms with van der Waals surface area (Å²) in [4.78, 5) is 0. The first kappa shape index (κ1) is 16.3. The third-order valence-corrected chi connectivity index (χ3v) is 9.77. The van der Waals surface area contributed by atoms with E-state index in [9.17, 15) is 0 Å². The first-order chi connectivity index (χ1) is 9.97. The van der Waals surface area contributed by atoms with Crippen molar-refractivity contribution in [3.8, 4) is 0 Å². The summed E-state index contributed by atoms with van der Waals surface area (Å²) >= 11 is 0. The molecule has 0 radical (unpaired) electrons. The first-order valence-corrected chi connectivity index (χ1v) is 10.4. The third-order valence-electron chi connectivity index (χ3n) is 5.62. The zero-order chi connectivity index (χ0) is 15.6.